The van der Waals surface area contributed by atoms with Crippen LogP contribution in [0.15, 0.2) is 23.1 Å². The van der Waals surface area contributed by atoms with Crippen LogP contribution in [0.25, 0.3) is 11.0 Å². The predicted octanol–water partition coefficient (Wildman–Crippen LogP) is 5.15. The van der Waals surface area contributed by atoms with Crippen LogP contribution in [0.2, 0.25) is 0 Å². The number of nitrogens with zero attached hydrogens (tertiary/aromatic N) is 3. The number of sulfonamides is 1. The zero-order chi connectivity index (χ0) is 24.9. The first-order chi connectivity index (χ1) is 15.8. The van der Waals surface area contributed by atoms with Gasteiger partial charge in [-0.3, -0.25) is 0 Å². The molecule has 0 N–H and O–H groups in total. The molecule has 2 aliphatic rings. The van der Waals surface area contributed by atoms with Gasteiger partial charge < -0.3 is 9.36 Å². The average Bonchev–Trinajstić information content (AvgIpc) is 3.34. The molecule has 1 aliphatic carbocycles. The Morgan fingerprint density at radius 3 is 2.44 bits per heavy atom. The van der Waals surface area contributed by atoms with Gasteiger partial charge in [-0.2, -0.15) is 4.31 Å². The zero-order valence-corrected chi connectivity index (χ0v) is 21.3. The lowest BCUT2D eigenvalue weighted by Crippen LogP contribution is -2.29. The van der Waals surface area contributed by atoms with Gasteiger partial charge >= 0.3 is 0 Å². The number of ketones is 1. The van der Waals surface area contributed by atoms with E-state index >= 15 is 0 Å². The van der Waals surface area contributed by atoms with Crippen LogP contribution in [-0.4, -0.2) is 47.1 Å². The predicted molar refractivity (Wildman–Crippen MR) is 128 cm³/mol. The number of fused-ring (bicyclic) bond motifs is 1. The largest absolute Gasteiger partial charge is 0.327 e. The molecule has 9 heteroatoms. The first-order valence-electron chi connectivity index (χ1n) is 12.1. The lowest BCUT2D eigenvalue weighted by atomic mass is 9.86. The molecule has 1 aromatic carbocycles. The highest BCUT2D eigenvalue weighted by atomic mass is 32.2. The minimum Gasteiger partial charge on any atom is -0.327 e. The maximum absolute atomic E-state index is 13.7. The van der Waals surface area contributed by atoms with Crippen molar-refractivity contribution in [3.63, 3.8) is 0 Å². The van der Waals surface area contributed by atoms with E-state index in [1.54, 1.807) is 18.2 Å². The first kappa shape index (κ1) is 25.2. The smallest absolute Gasteiger partial charge is 0.248 e. The highest BCUT2D eigenvalue weighted by Crippen LogP contribution is 2.38. The molecule has 188 valence electrons. The number of hydrogen-bond donors (Lipinski definition) is 0. The molecule has 2 heterocycles. The zero-order valence-electron chi connectivity index (χ0n) is 20.5. The second kappa shape index (κ2) is 8.97. The van der Waals surface area contributed by atoms with Gasteiger partial charge in [-0.05, 0) is 56.2 Å². The maximum atomic E-state index is 13.7. The van der Waals surface area contributed by atoms with Gasteiger partial charge in [0, 0.05) is 44.3 Å². The van der Waals surface area contributed by atoms with E-state index in [1.807, 2.05) is 0 Å². The van der Waals surface area contributed by atoms with E-state index in [4.69, 9.17) is 4.98 Å². The summed E-state index contributed by atoms with van der Waals surface area (Å²) in [6.45, 7) is 9.06. The minimum atomic E-state index is -3.69. The van der Waals surface area contributed by atoms with E-state index in [-0.39, 0.29) is 40.8 Å². The third-order valence-electron chi connectivity index (χ3n) is 7.13. The number of alkyl halides is 2. The van der Waals surface area contributed by atoms with E-state index in [1.165, 1.54) is 11.2 Å². The number of halogens is 2. The molecule has 0 unspecified atom stereocenters. The summed E-state index contributed by atoms with van der Waals surface area (Å²) in [6.07, 6.45) is 1.86. The third kappa shape index (κ3) is 5.20. The number of imidazole rings is 1. The van der Waals surface area contributed by atoms with Gasteiger partial charge in [0.25, 0.3) is 0 Å². The fourth-order valence-electron chi connectivity index (χ4n) is 5.31. The number of hydrogen-bond acceptors (Lipinski definition) is 4. The molecule has 6 nitrogen and oxygen atoms in total. The fourth-order valence-corrected chi connectivity index (χ4v) is 6.86. The molecule has 0 spiro atoms. The SMILES string of the molecule is CC(=O)C[C@H]1CCN(S(=O)(=O)c2ccc3c(c2)nc(C(C)(C)C)n3CC2CCC(F)(F)CC2)C1. The van der Waals surface area contributed by atoms with Crippen LogP contribution < -0.4 is 0 Å². The van der Waals surface area contributed by atoms with Gasteiger partial charge in [-0.1, -0.05) is 20.8 Å². The Balaban J connectivity index is 1.63. The van der Waals surface area contributed by atoms with Crippen LogP contribution in [0, 0.1) is 11.8 Å². The molecule has 2 fully saturated rings. The van der Waals surface area contributed by atoms with Gasteiger partial charge in [-0.25, -0.2) is 22.2 Å². The van der Waals surface area contributed by atoms with Crippen molar-refractivity contribution in [2.75, 3.05) is 13.1 Å². The standard InChI is InChI=1S/C25H35F2N3O3S/c1-17(31)13-19-9-12-29(15-19)34(32,33)20-5-6-22-21(14-20)28-23(24(2,3)4)30(22)16-18-7-10-25(26,27)11-8-18/h5-6,14,18-19H,7-13,15-16H2,1-4H3/t19-/m1/s1. The van der Waals surface area contributed by atoms with Crippen LogP contribution in [0.4, 0.5) is 8.78 Å². The molecule has 1 aromatic heterocycles. The van der Waals surface area contributed by atoms with Crippen molar-refractivity contribution in [2.45, 2.75) is 89.0 Å². The molecule has 4 rings (SSSR count). The number of Topliss-reactive ketones (excluding diaryl/α,β-unsaturated/α-hetero) is 1. The lowest BCUT2D eigenvalue weighted by Gasteiger charge is -2.30. The topological polar surface area (TPSA) is 72.3 Å². The average molecular weight is 496 g/mol. The van der Waals surface area contributed by atoms with Gasteiger partial charge in [0.2, 0.25) is 15.9 Å². The van der Waals surface area contributed by atoms with Crippen molar-refractivity contribution < 1.29 is 22.0 Å². The second-order valence-electron chi connectivity index (χ2n) is 11.2. The number of carbonyl (C=O) groups excluding carboxylic acids is 1. The summed E-state index contributed by atoms with van der Waals surface area (Å²) >= 11 is 0. The number of aromatic nitrogens is 2. The van der Waals surface area contributed by atoms with Gasteiger partial charge in [0.1, 0.15) is 11.6 Å². The molecule has 1 atom stereocenters. The summed E-state index contributed by atoms with van der Waals surface area (Å²) in [5, 5.41) is 0. The molecule has 0 radical (unpaired) electrons. The molecular formula is C25H35F2N3O3S. The Labute approximate surface area is 200 Å². The molecule has 0 bridgehead atoms. The maximum Gasteiger partial charge on any atom is 0.248 e. The van der Waals surface area contributed by atoms with Gasteiger partial charge in [0.15, 0.2) is 0 Å². The van der Waals surface area contributed by atoms with Gasteiger partial charge in [-0.15, -0.1) is 0 Å². The first-order valence-corrected chi connectivity index (χ1v) is 13.6. The summed E-state index contributed by atoms with van der Waals surface area (Å²) in [7, 11) is -3.69. The molecule has 1 saturated carbocycles. The monoisotopic (exact) mass is 495 g/mol. The normalized spacial score (nSPS) is 22.5. The second-order valence-corrected chi connectivity index (χ2v) is 13.1. The third-order valence-corrected chi connectivity index (χ3v) is 8.99. The van der Waals surface area contributed by atoms with Crippen LogP contribution in [0.5, 0.6) is 0 Å². The summed E-state index contributed by atoms with van der Waals surface area (Å²) < 4.78 is 57.5. The Morgan fingerprint density at radius 2 is 1.82 bits per heavy atom. The van der Waals surface area contributed by atoms with Crippen molar-refractivity contribution in [2.24, 2.45) is 11.8 Å². The number of rotatable bonds is 6. The van der Waals surface area contributed by atoms with E-state index in [9.17, 15) is 22.0 Å². The van der Waals surface area contributed by atoms with Crippen LogP contribution in [0.3, 0.4) is 0 Å². The van der Waals surface area contributed by atoms with Crippen molar-refractivity contribution in [3.8, 4) is 0 Å². The van der Waals surface area contributed by atoms with Crippen molar-refractivity contribution in [1.29, 1.82) is 0 Å². The van der Waals surface area contributed by atoms with Crippen LogP contribution in [0.1, 0.15) is 72.0 Å². The molecule has 2 aromatic rings. The van der Waals surface area contributed by atoms with Crippen molar-refractivity contribution in [3.05, 3.63) is 24.0 Å². The van der Waals surface area contributed by atoms with E-state index in [0.717, 1.165) is 11.3 Å². The Hall–Kier alpha value is -1.87. The molecule has 34 heavy (non-hydrogen) atoms. The summed E-state index contributed by atoms with van der Waals surface area (Å²) in [4.78, 5) is 16.5. The minimum absolute atomic E-state index is 0.0607. The van der Waals surface area contributed by atoms with E-state index in [2.05, 4.69) is 25.3 Å². The van der Waals surface area contributed by atoms with E-state index in [0.29, 0.717) is 50.8 Å². The number of benzene rings is 1. The Kier molecular flexibility index (Phi) is 6.66. The Bertz CT molecular complexity index is 1170. The van der Waals surface area contributed by atoms with Crippen molar-refractivity contribution in [1.82, 2.24) is 13.9 Å². The Morgan fingerprint density at radius 1 is 1.15 bits per heavy atom. The van der Waals surface area contributed by atoms with Crippen LogP contribution in [-0.2, 0) is 26.8 Å². The fraction of sp³-hybridized carbons (Fsp3) is 0.680. The highest BCUT2D eigenvalue weighted by molar-refractivity contribution is 7.89. The molecule has 1 saturated heterocycles. The molecule has 0 amide bonds. The lowest BCUT2D eigenvalue weighted by molar-refractivity contribution is -0.117. The summed E-state index contributed by atoms with van der Waals surface area (Å²) in [5.74, 6) is -1.46. The number of carbonyl (C=O) groups is 1. The summed E-state index contributed by atoms with van der Waals surface area (Å²) in [6, 6.07) is 5.05. The van der Waals surface area contributed by atoms with Crippen LogP contribution >= 0.6 is 0 Å². The summed E-state index contributed by atoms with van der Waals surface area (Å²) in [5.41, 5.74) is 1.15. The highest BCUT2D eigenvalue weighted by Gasteiger charge is 2.36. The molecule has 1 aliphatic heterocycles. The van der Waals surface area contributed by atoms with Gasteiger partial charge in [0.05, 0.1) is 15.9 Å². The molecular weight excluding hydrogens is 460 g/mol. The quantitative estimate of drug-likeness (QED) is 0.556. The van der Waals surface area contributed by atoms with Crippen molar-refractivity contribution >= 4 is 26.8 Å². The van der Waals surface area contributed by atoms with E-state index < -0.39 is 15.9 Å².